The SMILES string of the molecule is CC/C=C\C/C=C\C/C=C\C/C=C\C/C=C\CCCCCCCCCCCCCCCCCCCCCC(=O)OC(COC(=O)CCCCCCCCCCCCCCCCCCCCCCCCCCCCCCC/C=C\CCCCCCCCCC)COP(=O)(O)OCC[N+](C)(C)C. The third-order valence-electron chi connectivity index (χ3n) is 19.7. The molecule has 1 N–H and O–H groups in total. The Morgan fingerprint density at radius 3 is 0.860 bits per heavy atom. The van der Waals surface area contributed by atoms with Gasteiger partial charge in [-0.15, -0.1) is 0 Å². The summed E-state index contributed by atoms with van der Waals surface area (Å²) in [6.45, 7) is 4.39. The predicted octanol–water partition coefficient (Wildman–Crippen LogP) is 29.4. The quantitative estimate of drug-likeness (QED) is 0.0211. The van der Waals surface area contributed by atoms with Crippen LogP contribution in [0.15, 0.2) is 72.9 Å². The van der Waals surface area contributed by atoms with Crippen molar-refractivity contribution in [3.63, 3.8) is 0 Å². The first-order chi connectivity index (χ1) is 49.0. The van der Waals surface area contributed by atoms with Gasteiger partial charge in [-0.1, -0.05) is 414 Å². The maximum atomic E-state index is 12.9. The zero-order valence-electron chi connectivity index (χ0n) is 67.2. The first-order valence-corrected chi connectivity index (χ1v) is 45.2. The maximum Gasteiger partial charge on any atom is 0.472 e. The van der Waals surface area contributed by atoms with Gasteiger partial charge in [0.2, 0.25) is 0 Å². The molecule has 100 heavy (non-hydrogen) atoms. The maximum absolute atomic E-state index is 12.9. The van der Waals surface area contributed by atoms with Gasteiger partial charge in [-0.2, -0.15) is 0 Å². The van der Waals surface area contributed by atoms with Gasteiger partial charge in [0, 0.05) is 12.8 Å². The average molecular weight is 1420 g/mol. The van der Waals surface area contributed by atoms with E-state index >= 15 is 0 Å². The van der Waals surface area contributed by atoms with Crippen molar-refractivity contribution < 1.29 is 42.1 Å². The summed E-state index contributed by atoms with van der Waals surface area (Å²) in [4.78, 5) is 36.0. The molecule has 0 bridgehead atoms. The fourth-order valence-electron chi connectivity index (χ4n) is 13.1. The van der Waals surface area contributed by atoms with Gasteiger partial charge in [0.25, 0.3) is 0 Å². The molecule has 586 valence electrons. The highest BCUT2D eigenvalue weighted by Crippen LogP contribution is 2.43. The van der Waals surface area contributed by atoms with Gasteiger partial charge in [-0.05, 0) is 83.5 Å². The summed E-state index contributed by atoms with van der Waals surface area (Å²) in [7, 11) is 1.50. The number of phosphoric acid groups is 1. The van der Waals surface area contributed by atoms with Crippen LogP contribution in [0, 0.1) is 0 Å². The van der Waals surface area contributed by atoms with E-state index in [9.17, 15) is 19.0 Å². The number of esters is 2. The Hall–Kier alpha value is -2.55. The van der Waals surface area contributed by atoms with Gasteiger partial charge < -0.3 is 18.9 Å². The van der Waals surface area contributed by atoms with Gasteiger partial charge in [0.1, 0.15) is 19.8 Å². The summed E-state index contributed by atoms with van der Waals surface area (Å²) in [5.41, 5.74) is 0. The standard InChI is InChI=1S/C90H168NO8P/c1-6-8-10-12-14-16-18-20-22-24-26-28-30-32-34-36-38-40-42-43-44-45-46-47-49-50-52-54-56-58-60-62-64-66-68-70-72-74-76-78-80-82-89(92)96-86-88(87-98-100(94,95)97-85-84-91(3,4)5)99-90(93)83-81-79-77-75-73-71-69-67-65-63-61-59-57-55-53-51-48-41-39-37-35-33-31-29-27-25-23-21-19-17-15-13-11-9-7-2/h9,11,15,17,21,23-24,26-27,29,33,35,88H,6-8,10,12-14,16,18-20,22,25,28,30-32,34,36-87H2,1-5H3/p+1/b11-9-,17-15-,23-21-,26-24-,29-27-,35-33-. The molecule has 0 rings (SSSR count). The molecule has 0 saturated heterocycles. The fraction of sp³-hybridized carbons (Fsp3) is 0.844. The van der Waals surface area contributed by atoms with Gasteiger partial charge in [-0.25, -0.2) is 4.57 Å². The van der Waals surface area contributed by atoms with Crippen LogP contribution in [0.5, 0.6) is 0 Å². The molecule has 0 aromatic carbocycles. The molecule has 0 saturated carbocycles. The van der Waals surface area contributed by atoms with Crippen molar-refractivity contribution in [2.75, 3.05) is 47.5 Å². The molecule has 0 fully saturated rings. The van der Waals surface area contributed by atoms with Crippen molar-refractivity contribution in [2.45, 2.75) is 444 Å². The van der Waals surface area contributed by atoms with Crippen LogP contribution in [0.4, 0.5) is 0 Å². The highest BCUT2D eigenvalue weighted by Gasteiger charge is 2.27. The lowest BCUT2D eigenvalue weighted by atomic mass is 10.0. The van der Waals surface area contributed by atoms with Crippen molar-refractivity contribution in [1.29, 1.82) is 0 Å². The molecular formula is C90H169NO8P+. The predicted molar refractivity (Wildman–Crippen MR) is 436 cm³/mol. The number of rotatable bonds is 82. The zero-order valence-corrected chi connectivity index (χ0v) is 68.1. The minimum Gasteiger partial charge on any atom is -0.462 e. The van der Waals surface area contributed by atoms with Crippen LogP contribution in [-0.4, -0.2) is 74.9 Å². The van der Waals surface area contributed by atoms with Gasteiger partial charge in [-0.3, -0.25) is 18.6 Å². The number of nitrogens with zero attached hydrogens (tertiary/aromatic N) is 1. The monoisotopic (exact) mass is 1420 g/mol. The van der Waals surface area contributed by atoms with Crippen LogP contribution in [-0.2, 0) is 32.7 Å². The van der Waals surface area contributed by atoms with E-state index in [0.717, 1.165) is 64.2 Å². The molecule has 0 spiro atoms. The number of carbonyl (C=O) groups is 2. The van der Waals surface area contributed by atoms with Crippen LogP contribution < -0.4 is 0 Å². The topological polar surface area (TPSA) is 108 Å². The van der Waals surface area contributed by atoms with E-state index in [2.05, 4.69) is 86.8 Å². The summed E-state index contributed by atoms with van der Waals surface area (Å²) in [5.74, 6) is -0.774. The second kappa shape index (κ2) is 80.5. The van der Waals surface area contributed by atoms with E-state index in [1.807, 2.05) is 21.1 Å². The molecule has 0 radical (unpaired) electrons. The number of unbranched alkanes of at least 4 members (excludes halogenated alkanes) is 56. The number of hydrogen-bond acceptors (Lipinski definition) is 7. The first kappa shape index (κ1) is 97.4. The fourth-order valence-corrected chi connectivity index (χ4v) is 13.8. The third-order valence-corrected chi connectivity index (χ3v) is 20.7. The number of phosphoric ester groups is 1. The normalized spacial score (nSPS) is 13.3. The lowest BCUT2D eigenvalue weighted by Gasteiger charge is -2.24. The number of hydrogen-bond donors (Lipinski definition) is 1. The average Bonchev–Trinajstić information content (AvgIpc) is 1.65. The van der Waals surface area contributed by atoms with Crippen LogP contribution in [0.2, 0.25) is 0 Å². The molecule has 2 atom stereocenters. The van der Waals surface area contributed by atoms with Crippen molar-refractivity contribution in [3.8, 4) is 0 Å². The number of allylic oxidation sites excluding steroid dienone is 12. The smallest absolute Gasteiger partial charge is 0.462 e. The van der Waals surface area contributed by atoms with E-state index in [-0.39, 0.29) is 25.6 Å². The molecule has 0 aromatic heterocycles. The van der Waals surface area contributed by atoms with Crippen LogP contribution in [0.3, 0.4) is 0 Å². The molecule has 0 aromatic rings. The largest absolute Gasteiger partial charge is 0.472 e. The van der Waals surface area contributed by atoms with Crippen molar-refractivity contribution in [1.82, 2.24) is 0 Å². The minimum atomic E-state index is -4.40. The zero-order chi connectivity index (χ0) is 72.5. The Morgan fingerprint density at radius 1 is 0.320 bits per heavy atom. The molecule has 0 amide bonds. The molecule has 10 heteroatoms. The van der Waals surface area contributed by atoms with E-state index in [1.165, 1.54) is 340 Å². The Morgan fingerprint density at radius 2 is 0.570 bits per heavy atom. The lowest BCUT2D eigenvalue weighted by Crippen LogP contribution is -2.37. The van der Waals surface area contributed by atoms with Gasteiger partial charge in [0.15, 0.2) is 6.10 Å². The molecule has 0 aliphatic heterocycles. The first-order valence-electron chi connectivity index (χ1n) is 43.7. The Balaban J connectivity index is 3.86. The Bertz CT molecular complexity index is 1920. The molecule has 9 nitrogen and oxygen atoms in total. The second-order valence-electron chi connectivity index (χ2n) is 30.9. The van der Waals surface area contributed by atoms with Crippen molar-refractivity contribution in [2.24, 2.45) is 0 Å². The third kappa shape index (κ3) is 84.4. The molecular weight excluding hydrogens is 1250 g/mol. The molecule has 2 unspecified atom stereocenters. The number of likely N-dealkylation sites (N-methyl/N-ethyl adjacent to an activating group) is 1. The number of carbonyl (C=O) groups excluding carboxylic acids is 2. The number of quaternary nitrogens is 1. The van der Waals surface area contributed by atoms with Gasteiger partial charge in [0.05, 0.1) is 27.7 Å². The van der Waals surface area contributed by atoms with Crippen LogP contribution in [0.25, 0.3) is 0 Å². The number of ether oxygens (including phenoxy) is 2. The highest BCUT2D eigenvalue weighted by atomic mass is 31.2. The van der Waals surface area contributed by atoms with Crippen molar-refractivity contribution >= 4 is 19.8 Å². The lowest BCUT2D eigenvalue weighted by molar-refractivity contribution is -0.870. The summed E-state index contributed by atoms with van der Waals surface area (Å²) in [6.07, 6.45) is 111. The summed E-state index contributed by atoms with van der Waals surface area (Å²) >= 11 is 0. The Labute approximate surface area is 622 Å². The van der Waals surface area contributed by atoms with E-state index in [1.54, 1.807) is 0 Å². The molecule has 0 heterocycles. The van der Waals surface area contributed by atoms with E-state index < -0.39 is 26.5 Å². The van der Waals surface area contributed by atoms with E-state index in [4.69, 9.17) is 18.5 Å². The van der Waals surface area contributed by atoms with Crippen LogP contribution >= 0.6 is 7.82 Å². The second-order valence-corrected chi connectivity index (χ2v) is 32.4. The van der Waals surface area contributed by atoms with Crippen LogP contribution in [0.1, 0.15) is 438 Å². The summed E-state index contributed by atoms with van der Waals surface area (Å²) in [5, 5.41) is 0. The summed E-state index contributed by atoms with van der Waals surface area (Å²) in [6, 6.07) is 0. The summed E-state index contributed by atoms with van der Waals surface area (Å²) < 4.78 is 34.9. The highest BCUT2D eigenvalue weighted by molar-refractivity contribution is 7.47. The minimum absolute atomic E-state index is 0.0335. The van der Waals surface area contributed by atoms with E-state index in [0.29, 0.717) is 23.9 Å². The van der Waals surface area contributed by atoms with Crippen molar-refractivity contribution in [3.05, 3.63) is 72.9 Å². The Kier molecular flexibility index (Phi) is 78.5. The van der Waals surface area contributed by atoms with Gasteiger partial charge >= 0.3 is 19.8 Å². The molecule has 0 aliphatic carbocycles. The molecule has 0 aliphatic rings.